The van der Waals surface area contributed by atoms with Crippen molar-refractivity contribution in [2.75, 3.05) is 0 Å². The van der Waals surface area contributed by atoms with Gasteiger partial charge >= 0.3 is 0 Å². The first-order valence-electron chi connectivity index (χ1n) is 3.49. The Morgan fingerprint density at radius 3 is 2.73 bits per heavy atom. The molecular formula is C8H11FN2. The van der Waals surface area contributed by atoms with Gasteiger partial charge in [-0.25, -0.2) is 4.98 Å². The first-order valence-corrected chi connectivity index (χ1v) is 3.49. The van der Waals surface area contributed by atoms with E-state index in [1.165, 1.54) is 12.3 Å². The molecule has 11 heavy (non-hydrogen) atoms. The number of aryl methyl sites for hydroxylation is 1. The van der Waals surface area contributed by atoms with E-state index in [1.54, 1.807) is 0 Å². The molecule has 1 rings (SSSR count). The third-order valence-electron chi connectivity index (χ3n) is 1.61. The molecule has 0 aliphatic carbocycles. The molecule has 1 aromatic rings. The van der Waals surface area contributed by atoms with Gasteiger partial charge < -0.3 is 5.73 Å². The maximum Gasteiger partial charge on any atom is 0.213 e. The number of nitrogens with two attached hydrogens (primary N) is 1. The number of hydrogen-bond donors (Lipinski definition) is 1. The molecule has 1 aromatic heterocycles. The summed E-state index contributed by atoms with van der Waals surface area (Å²) in [6.07, 6.45) is 1.48. The summed E-state index contributed by atoms with van der Waals surface area (Å²) in [7, 11) is 0. The highest BCUT2D eigenvalue weighted by atomic mass is 19.1. The molecule has 0 spiro atoms. The van der Waals surface area contributed by atoms with Gasteiger partial charge in [-0.1, -0.05) is 0 Å². The average Bonchev–Trinajstić information content (AvgIpc) is 1.85. The van der Waals surface area contributed by atoms with Crippen LogP contribution in [0.1, 0.15) is 24.1 Å². The lowest BCUT2D eigenvalue weighted by Crippen LogP contribution is -2.07. The molecule has 0 radical (unpaired) electrons. The third kappa shape index (κ3) is 1.74. The second-order valence-electron chi connectivity index (χ2n) is 2.65. The van der Waals surface area contributed by atoms with Gasteiger partial charge in [-0.2, -0.15) is 4.39 Å². The normalized spacial score (nSPS) is 13.1. The third-order valence-corrected chi connectivity index (χ3v) is 1.61. The summed E-state index contributed by atoms with van der Waals surface area (Å²) in [4.78, 5) is 3.51. The maximum atomic E-state index is 12.5. The van der Waals surface area contributed by atoms with E-state index in [0.717, 1.165) is 11.1 Å². The summed E-state index contributed by atoms with van der Waals surface area (Å²) < 4.78 is 12.5. The largest absolute Gasteiger partial charge is 0.324 e. The number of hydrogen-bond acceptors (Lipinski definition) is 2. The predicted molar refractivity (Wildman–Crippen MR) is 41.5 cm³/mol. The van der Waals surface area contributed by atoms with Crippen LogP contribution >= 0.6 is 0 Å². The van der Waals surface area contributed by atoms with Crippen LogP contribution in [-0.2, 0) is 0 Å². The maximum absolute atomic E-state index is 12.5. The van der Waals surface area contributed by atoms with Crippen molar-refractivity contribution in [3.63, 3.8) is 0 Å². The molecule has 1 heterocycles. The zero-order valence-electron chi connectivity index (χ0n) is 6.63. The van der Waals surface area contributed by atoms with Crippen LogP contribution in [0.3, 0.4) is 0 Å². The minimum absolute atomic E-state index is 0.0805. The fourth-order valence-corrected chi connectivity index (χ4v) is 1.01. The molecule has 0 amide bonds. The Labute approximate surface area is 65.3 Å². The minimum atomic E-state index is -0.452. The van der Waals surface area contributed by atoms with E-state index >= 15 is 0 Å². The van der Waals surface area contributed by atoms with Crippen molar-refractivity contribution in [1.82, 2.24) is 4.98 Å². The Morgan fingerprint density at radius 1 is 1.64 bits per heavy atom. The van der Waals surface area contributed by atoms with Gasteiger partial charge in [0.05, 0.1) is 0 Å². The van der Waals surface area contributed by atoms with Gasteiger partial charge in [0, 0.05) is 12.2 Å². The van der Waals surface area contributed by atoms with E-state index in [2.05, 4.69) is 4.98 Å². The smallest absolute Gasteiger partial charge is 0.213 e. The summed E-state index contributed by atoms with van der Waals surface area (Å²) >= 11 is 0. The summed E-state index contributed by atoms with van der Waals surface area (Å²) in [5, 5.41) is 0. The van der Waals surface area contributed by atoms with Gasteiger partial charge in [0.15, 0.2) is 0 Å². The molecule has 0 saturated heterocycles. The van der Waals surface area contributed by atoms with Crippen LogP contribution in [0.2, 0.25) is 0 Å². The number of rotatable bonds is 1. The van der Waals surface area contributed by atoms with Crippen molar-refractivity contribution < 1.29 is 4.39 Å². The van der Waals surface area contributed by atoms with E-state index in [9.17, 15) is 4.39 Å². The van der Waals surface area contributed by atoms with E-state index < -0.39 is 5.95 Å². The molecule has 0 bridgehead atoms. The Hall–Kier alpha value is -0.960. The molecule has 0 aliphatic heterocycles. The second kappa shape index (κ2) is 2.96. The van der Waals surface area contributed by atoms with Crippen molar-refractivity contribution in [1.29, 1.82) is 0 Å². The second-order valence-corrected chi connectivity index (χ2v) is 2.65. The molecule has 1 atom stereocenters. The molecule has 2 N–H and O–H groups in total. The Balaban J connectivity index is 3.09. The van der Waals surface area contributed by atoms with Gasteiger partial charge in [0.25, 0.3) is 0 Å². The SMILES string of the molecule is Cc1cc(F)ncc1[C@@H](C)N. The zero-order chi connectivity index (χ0) is 8.43. The molecule has 0 unspecified atom stereocenters. The number of aromatic nitrogens is 1. The van der Waals surface area contributed by atoms with E-state index in [4.69, 9.17) is 5.73 Å². The van der Waals surface area contributed by atoms with Gasteiger partial charge in [-0.3, -0.25) is 0 Å². The highest BCUT2D eigenvalue weighted by Crippen LogP contribution is 2.13. The van der Waals surface area contributed by atoms with Crippen molar-refractivity contribution >= 4 is 0 Å². The topological polar surface area (TPSA) is 38.9 Å². The first kappa shape index (κ1) is 8.14. The highest BCUT2D eigenvalue weighted by Gasteiger charge is 2.04. The number of halogens is 1. The Morgan fingerprint density at radius 2 is 2.27 bits per heavy atom. The van der Waals surface area contributed by atoms with Crippen LogP contribution in [0.25, 0.3) is 0 Å². The van der Waals surface area contributed by atoms with Crippen molar-refractivity contribution in [2.24, 2.45) is 5.73 Å². The quantitative estimate of drug-likeness (QED) is 0.623. The van der Waals surface area contributed by atoms with E-state index in [-0.39, 0.29) is 6.04 Å². The predicted octanol–water partition coefficient (Wildman–Crippen LogP) is 1.55. The van der Waals surface area contributed by atoms with Crippen LogP contribution in [0.5, 0.6) is 0 Å². The van der Waals surface area contributed by atoms with Gasteiger partial charge in [-0.05, 0) is 31.0 Å². The van der Waals surface area contributed by atoms with Crippen molar-refractivity contribution in [3.8, 4) is 0 Å². The Bertz CT molecular complexity index is 258. The standard InChI is InChI=1S/C8H11FN2/c1-5-3-8(9)11-4-7(5)6(2)10/h3-4,6H,10H2,1-2H3/t6-/m1/s1. The molecular weight excluding hydrogens is 143 g/mol. The summed E-state index contributed by atoms with van der Waals surface area (Å²) in [5.41, 5.74) is 7.35. The van der Waals surface area contributed by atoms with Crippen LogP contribution in [0, 0.1) is 12.9 Å². The summed E-state index contributed by atoms with van der Waals surface area (Å²) in [6.45, 7) is 3.67. The molecule has 3 heteroatoms. The highest BCUT2D eigenvalue weighted by molar-refractivity contribution is 5.24. The average molecular weight is 154 g/mol. The molecule has 0 saturated carbocycles. The lowest BCUT2D eigenvalue weighted by Gasteiger charge is -2.07. The first-order chi connectivity index (χ1) is 5.11. The van der Waals surface area contributed by atoms with Crippen LogP contribution in [0.4, 0.5) is 4.39 Å². The molecule has 60 valence electrons. The number of nitrogens with zero attached hydrogens (tertiary/aromatic N) is 1. The zero-order valence-corrected chi connectivity index (χ0v) is 6.63. The lowest BCUT2D eigenvalue weighted by molar-refractivity contribution is 0.579. The molecule has 0 fully saturated rings. The van der Waals surface area contributed by atoms with E-state index in [0.29, 0.717) is 0 Å². The van der Waals surface area contributed by atoms with Crippen LogP contribution < -0.4 is 5.73 Å². The van der Waals surface area contributed by atoms with E-state index in [1.807, 2.05) is 13.8 Å². The van der Waals surface area contributed by atoms with Gasteiger partial charge in [0.2, 0.25) is 5.95 Å². The van der Waals surface area contributed by atoms with Crippen LogP contribution in [0.15, 0.2) is 12.3 Å². The fraction of sp³-hybridized carbons (Fsp3) is 0.375. The lowest BCUT2D eigenvalue weighted by atomic mass is 10.1. The van der Waals surface area contributed by atoms with Crippen molar-refractivity contribution in [3.05, 3.63) is 29.3 Å². The number of pyridine rings is 1. The summed E-state index contributed by atoms with van der Waals surface area (Å²) in [6, 6.07) is 1.31. The minimum Gasteiger partial charge on any atom is -0.324 e. The molecule has 2 nitrogen and oxygen atoms in total. The summed E-state index contributed by atoms with van der Waals surface area (Å²) in [5.74, 6) is -0.452. The molecule has 0 aliphatic rings. The molecule has 0 aromatic carbocycles. The van der Waals surface area contributed by atoms with Crippen LogP contribution in [-0.4, -0.2) is 4.98 Å². The monoisotopic (exact) mass is 154 g/mol. The van der Waals surface area contributed by atoms with Crippen molar-refractivity contribution in [2.45, 2.75) is 19.9 Å². The van der Waals surface area contributed by atoms with Gasteiger partial charge in [0.1, 0.15) is 0 Å². The van der Waals surface area contributed by atoms with Gasteiger partial charge in [-0.15, -0.1) is 0 Å². The Kier molecular flexibility index (Phi) is 2.19. The fourth-order valence-electron chi connectivity index (χ4n) is 1.01.